The van der Waals surface area contributed by atoms with E-state index in [9.17, 15) is 9.59 Å². The van der Waals surface area contributed by atoms with Crippen molar-refractivity contribution in [1.29, 1.82) is 0 Å². The summed E-state index contributed by atoms with van der Waals surface area (Å²) in [5.41, 5.74) is 5.69. The highest BCUT2D eigenvalue weighted by atomic mass is 16.5. The molecule has 0 aliphatic carbocycles. The Morgan fingerprint density at radius 2 is 2.21 bits per heavy atom. The molecule has 0 aromatic carbocycles. The van der Waals surface area contributed by atoms with E-state index in [1.54, 1.807) is 0 Å². The fraction of sp³-hybridized carbons (Fsp3) is 0.222. The number of Topliss-reactive ketones (excluding diaryl/α,β-unsaturated/α-hetero) is 1. The van der Waals surface area contributed by atoms with Gasteiger partial charge in [-0.05, 0) is 12.1 Å². The van der Waals surface area contributed by atoms with E-state index < -0.39 is 5.97 Å². The number of esters is 1. The summed E-state index contributed by atoms with van der Waals surface area (Å²) in [5, 5.41) is 0. The second-order valence-electron chi connectivity index (χ2n) is 2.65. The van der Waals surface area contributed by atoms with Crippen LogP contribution in [-0.2, 0) is 9.53 Å². The monoisotopic (exact) mass is 194 g/mol. The number of nitrogens with two attached hydrogens (primary N) is 1. The van der Waals surface area contributed by atoms with Gasteiger partial charge in [-0.2, -0.15) is 0 Å². The van der Waals surface area contributed by atoms with Crippen LogP contribution in [-0.4, -0.2) is 23.8 Å². The molecule has 1 aromatic rings. The molecular weight excluding hydrogens is 184 g/mol. The molecule has 14 heavy (non-hydrogen) atoms. The molecular formula is C9H10N2O3. The maximum Gasteiger partial charge on any atom is 0.313 e. The van der Waals surface area contributed by atoms with Gasteiger partial charge in [-0.15, -0.1) is 0 Å². The lowest BCUT2D eigenvalue weighted by Gasteiger charge is -1.99. The van der Waals surface area contributed by atoms with E-state index in [-0.39, 0.29) is 12.2 Å². The van der Waals surface area contributed by atoms with Crippen LogP contribution in [0.25, 0.3) is 0 Å². The molecule has 0 aliphatic heterocycles. The molecule has 0 bridgehead atoms. The number of ketones is 1. The standard InChI is InChI=1S/C9H10N2O3/c1-14-9(13)4-7(12)6-2-3-8(10)11-5-6/h2-3,5H,4H2,1H3,(H2,10,11). The number of nitrogens with zero attached hydrogens (tertiary/aromatic N) is 1. The minimum atomic E-state index is -0.563. The van der Waals surface area contributed by atoms with Crippen LogP contribution in [0.2, 0.25) is 0 Å². The van der Waals surface area contributed by atoms with Crippen LogP contribution >= 0.6 is 0 Å². The first-order valence-electron chi connectivity index (χ1n) is 3.95. The average molecular weight is 194 g/mol. The third kappa shape index (κ3) is 2.55. The molecule has 0 unspecified atom stereocenters. The number of pyridine rings is 1. The van der Waals surface area contributed by atoms with Crippen LogP contribution < -0.4 is 5.73 Å². The number of hydrogen-bond acceptors (Lipinski definition) is 5. The lowest BCUT2D eigenvalue weighted by atomic mass is 10.1. The molecule has 0 amide bonds. The first kappa shape index (κ1) is 10.2. The van der Waals surface area contributed by atoms with E-state index in [4.69, 9.17) is 5.73 Å². The Morgan fingerprint density at radius 1 is 1.50 bits per heavy atom. The molecule has 0 saturated heterocycles. The van der Waals surface area contributed by atoms with Gasteiger partial charge in [0.15, 0.2) is 5.78 Å². The van der Waals surface area contributed by atoms with E-state index in [1.165, 1.54) is 25.4 Å². The fourth-order valence-corrected chi connectivity index (χ4v) is 0.876. The SMILES string of the molecule is COC(=O)CC(=O)c1ccc(N)nc1. The van der Waals surface area contributed by atoms with Gasteiger partial charge in [0.05, 0.1) is 7.11 Å². The van der Waals surface area contributed by atoms with Crippen LogP contribution in [0.4, 0.5) is 5.82 Å². The molecule has 1 aromatic heterocycles. The number of hydrogen-bond donors (Lipinski definition) is 1. The van der Waals surface area contributed by atoms with E-state index in [0.717, 1.165) is 0 Å². The lowest BCUT2D eigenvalue weighted by molar-refractivity contribution is -0.139. The number of carbonyl (C=O) groups is 2. The molecule has 0 aliphatic rings. The summed E-state index contributed by atoms with van der Waals surface area (Å²) >= 11 is 0. The maximum absolute atomic E-state index is 11.3. The number of ether oxygens (including phenoxy) is 1. The van der Waals surface area contributed by atoms with E-state index in [1.807, 2.05) is 0 Å². The number of anilines is 1. The summed E-state index contributed by atoms with van der Waals surface area (Å²) in [6, 6.07) is 3.03. The van der Waals surface area contributed by atoms with Gasteiger partial charge >= 0.3 is 5.97 Å². The maximum atomic E-state index is 11.3. The zero-order chi connectivity index (χ0) is 10.6. The molecule has 1 heterocycles. The predicted octanol–water partition coefficient (Wildman–Crippen LogP) is 0.410. The van der Waals surface area contributed by atoms with Gasteiger partial charge < -0.3 is 10.5 Å². The van der Waals surface area contributed by atoms with Crippen molar-refractivity contribution in [2.75, 3.05) is 12.8 Å². The average Bonchev–Trinajstić information content (AvgIpc) is 2.18. The summed E-state index contributed by atoms with van der Waals surface area (Å²) in [4.78, 5) is 25.9. The quantitative estimate of drug-likeness (QED) is 0.428. The Morgan fingerprint density at radius 3 is 2.71 bits per heavy atom. The minimum Gasteiger partial charge on any atom is -0.469 e. The van der Waals surface area contributed by atoms with Crippen molar-refractivity contribution in [3.05, 3.63) is 23.9 Å². The van der Waals surface area contributed by atoms with Gasteiger partial charge in [-0.3, -0.25) is 9.59 Å². The van der Waals surface area contributed by atoms with Gasteiger partial charge in [-0.25, -0.2) is 4.98 Å². The summed E-state index contributed by atoms with van der Waals surface area (Å²) in [7, 11) is 1.23. The molecule has 1 rings (SSSR count). The first-order chi connectivity index (χ1) is 6.63. The molecule has 0 saturated carbocycles. The summed E-state index contributed by atoms with van der Waals surface area (Å²) in [5.74, 6) is -0.559. The summed E-state index contributed by atoms with van der Waals surface area (Å²) in [6.45, 7) is 0. The first-order valence-corrected chi connectivity index (χ1v) is 3.95. The Bertz CT molecular complexity index is 346. The van der Waals surface area contributed by atoms with Crippen LogP contribution in [0.15, 0.2) is 18.3 Å². The van der Waals surface area contributed by atoms with Crippen molar-refractivity contribution in [2.24, 2.45) is 0 Å². The topological polar surface area (TPSA) is 82.3 Å². The third-order valence-electron chi connectivity index (χ3n) is 1.64. The number of rotatable bonds is 3. The van der Waals surface area contributed by atoms with Crippen molar-refractivity contribution >= 4 is 17.6 Å². The van der Waals surface area contributed by atoms with Crippen LogP contribution in [0.5, 0.6) is 0 Å². The molecule has 0 atom stereocenters. The molecule has 74 valence electrons. The Hall–Kier alpha value is -1.91. The minimum absolute atomic E-state index is 0.276. The van der Waals surface area contributed by atoms with Gasteiger partial charge in [0, 0.05) is 11.8 Å². The summed E-state index contributed by atoms with van der Waals surface area (Å²) in [6.07, 6.45) is 1.06. The smallest absolute Gasteiger partial charge is 0.313 e. The second kappa shape index (κ2) is 4.36. The molecule has 0 spiro atoms. The van der Waals surface area contributed by atoms with Crippen LogP contribution in [0, 0.1) is 0 Å². The van der Waals surface area contributed by atoms with Crippen molar-refractivity contribution in [3.63, 3.8) is 0 Å². The number of nitrogen functional groups attached to an aromatic ring is 1. The molecule has 2 N–H and O–H groups in total. The molecule has 0 radical (unpaired) electrons. The normalized spacial score (nSPS) is 9.50. The Labute approximate surface area is 80.9 Å². The van der Waals surface area contributed by atoms with Crippen LogP contribution in [0.1, 0.15) is 16.8 Å². The zero-order valence-electron chi connectivity index (χ0n) is 7.69. The highest BCUT2D eigenvalue weighted by molar-refractivity contribution is 6.05. The Kier molecular flexibility index (Phi) is 3.17. The highest BCUT2D eigenvalue weighted by Crippen LogP contribution is 2.04. The fourth-order valence-electron chi connectivity index (χ4n) is 0.876. The number of carbonyl (C=O) groups excluding carboxylic acids is 2. The van der Waals surface area contributed by atoms with Crippen molar-refractivity contribution in [2.45, 2.75) is 6.42 Å². The van der Waals surface area contributed by atoms with Crippen molar-refractivity contribution in [1.82, 2.24) is 4.98 Å². The van der Waals surface area contributed by atoms with Gasteiger partial charge in [0.2, 0.25) is 0 Å². The van der Waals surface area contributed by atoms with E-state index in [0.29, 0.717) is 11.4 Å². The molecule has 5 nitrogen and oxygen atoms in total. The van der Waals surface area contributed by atoms with E-state index >= 15 is 0 Å². The van der Waals surface area contributed by atoms with Gasteiger partial charge in [0.25, 0.3) is 0 Å². The lowest BCUT2D eigenvalue weighted by Crippen LogP contribution is -2.09. The largest absolute Gasteiger partial charge is 0.469 e. The second-order valence-corrected chi connectivity index (χ2v) is 2.65. The van der Waals surface area contributed by atoms with E-state index in [2.05, 4.69) is 9.72 Å². The van der Waals surface area contributed by atoms with Gasteiger partial charge in [0.1, 0.15) is 12.2 Å². The zero-order valence-corrected chi connectivity index (χ0v) is 7.69. The predicted molar refractivity (Wildman–Crippen MR) is 49.6 cm³/mol. The third-order valence-corrected chi connectivity index (χ3v) is 1.64. The summed E-state index contributed by atoms with van der Waals surface area (Å²) < 4.78 is 4.36. The molecule has 5 heteroatoms. The number of methoxy groups -OCH3 is 1. The van der Waals surface area contributed by atoms with Crippen molar-refractivity contribution in [3.8, 4) is 0 Å². The van der Waals surface area contributed by atoms with Crippen molar-refractivity contribution < 1.29 is 14.3 Å². The Balaban J connectivity index is 2.70. The number of aromatic nitrogens is 1. The van der Waals surface area contributed by atoms with Gasteiger partial charge in [-0.1, -0.05) is 0 Å². The van der Waals surface area contributed by atoms with Crippen LogP contribution in [0.3, 0.4) is 0 Å². The molecule has 0 fully saturated rings. The highest BCUT2D eigenvalue weighted by Gasteiger charge is 2.11.